The molecule has 342 valence electrons. The van der Waals surface area contributed by atoms with Crippen LogP contribution in [0.3, 0.4) is 0 Å². The lowest BCUT2D eigenvalue weighted by molar-refractivity contribution is 0.768. The molecule has 0 saturated carbocycles. The fourth-order valence-corrected chi connectivity index (χ4v) is 9.49. The van der Waals surface area contributed by atoms with Gasteiger partial charge >= 0.3 is 0 Å². The van der Waals surface area contributed by atoms with Crippen LogP contribution in [0, 0.1) is 0 Å². The van der Waals surface area contributed by atoms with Crippen molar-refractivity contribution < 1.29 is 67.2 Å². The second kappa shape index (κ2) is 17.2. The van der Waals surface area contributed by atoms with E-state index in [1.807, 2.05) is 0 Å². The highest BCUT2D eigenvalue weighted by Gasteiger charge is 2.48. The molecule has 0 fully saturated rings. The third-order valence-electron chi connectivity index (χ3n) is 12.3. The third kappa shape index (κ3) is 6.42. The molecule has 2 aliphatic rings. The molecule has 2 aliphatic carbocycles. The Hall–Kier alpha value is -9.30. The molecule has 0 bridgehead atoms. The summed E-state index contributed by atoms with van der Waals surface area (Å²) >= 11 is 0. The quantitative estimate of drug-likeness (QED) is 0.139. The monoisotopic (exact) mass is 977 g/mol. The second-order valence-corrected chi connectivity index (χ2v) is 15.8. The van der Waals surface area contributed by atoms with Gasteiger partial charge < -0.3 is 4.90 Å². The molecule has 1 heteroatoms. The first-order valence-electron chi connectivity index (χ1n) is 45.9. The normalized spacial score (nSPS) is 22.8. The Balaban J connectivity index is 1.24. The Kier molecular flexibility index (Phi) is 3.74. The first-order valence-corrected chi connectivity index (χ1v) is 21.4. The summed E-state index contributed by atoms with van der Waals surface area (Å²) in [6.45, 7) is 0. The van der Waals surface area contributed by atoms with Crippen molar-refractivity contribution in [2.24, 2.45) is 0 Å². The van der Waals surface area contributed by atoms with Crippen molar-refractivity contribution in [3.05, 3.63) is 341 Å². The van der Waals surface area contributed by atoms with Gasteiger partial charge in [0.15, 0.2) is 0 Å². The maximum atomic E-state index is 10.8. The minimum Gasteiger partial charge on any atom is -0.310 e. The summed E-state index contributed by atoms with van der Waals surface area (Å²) in [5.74, 6) is 0. The Bertz CT molecular complexity index is 6690. The van der Waals surface area contributed by atoms with Gasteiger partial charge in [-0.1, -0.05) is 260 Å². The largest absolute Gasteiger partial charge is 0.310 e. The molecule has 73 heavy (non-hydrogen) atoms. The summed E-state index contributed by atoms with van der Waals surface area (Å²) in [7, 11) is 0. The highest BCUT2D eigenvalue weighted by molar-refractivity contribution is 6.09. The Morgan fingerprint density at radius 2 is 0.685 bits per heavy atom. The van der Waals surface area contributed by atoms with Gasteiger partial charge in [-0.2, -0.15) is 0 Å². The van der Waals surface area contributed by atoms with Crippen LogP contribution in [0.2, 0.25) is 0 Å². The minimum absolute atomic E-state index is 0.0609. The molecule has 12 aromatic rings. The lowest BCUT2D eigenvalue weighted by Gasteiger charge is -2.35. The molecule has 0 saturated heterocycles. The first-order chi connectivity index (χ1) is 56.6. The molecule has 0 amide bonds. The van der Waals surface area contributed by atoms with E-state index in [4.69, 9.17) is 24.7 Å². The highest BCUT2D eigenvalue weighted by atomic mass is 15.1. The van der Waals surface area contributed by atoms with Crippen LogP contribution in [0.1, 0.15) is 112 Å². The molecular weight excluding hydrogens is 879 g/mol. The summed E-state index contributed by atoms with van der Waals surface area (Å²) in [5, 5.41) is -2.23. The average molecular weight is 977 g/mol. The van der Waals surface area contributed by atoms with Crippen molar-refractivity contribution in [1.29, 1.82) is 0 Å². The van der Waals surface area contributed by atoms with Gasteiger partial charge in [0.05, 0.1) is 78.0 Å². The highest BCUT2D eigenvalue weighted by Crippen LogP contribution is 2.60. The SMILES string of the molecule is [2H]c1c([2H])c([2H])c(N(c2c([2H])c([2H])c(-c3c([2H])c([2H])c4c([2H])c([2H])c([2H])c([2H])c4c3-c3c([2H])c([2H])c([2H])c4c3-c3c([2H])c([2H])c([2H])c([2H])c3C4(c3c([2H])c([2H])c([2H])c([2H])c3[2H])c3c([2H])c([2H])c([2H])c([2H])c3[2H])c([2H])c2[2H])c2c([2H])c([2H])c3c(c2[2H])C(c2c([2H])c([2H])c([2H])c([2H])c2[2H])(c2c([2H])c([2H])c([2H])c([2H])c2[2H])c2c([2H])c([2H])c([2H])c([2H])c2-3)c([2H])c1[2H]. The van der Waals surface area contributed by atoms with E-state index in [1.54, 1.807) is 0 Å². The van der Waals surface area contributed by atoms with Crippen LogP contribution in [0.5, 0.6) is 0 Å². The Morgan fingerprint density at radius 3 is 1.30 bits per heavy atom. The molecule has 0 aromatic heterocycles. The third-order valence-corrected chi connectivity index (χ3v) is 12.3. The molecule has 0 unspecified atom stereocenters. The molecule has 0 N–H and O–H groups in total. The van der Waals surface area contributed by atoms with E-state index in [9.17, 15) is 42.5 Å². The smallest absolute Gasteiger partial charge is 0.0714 e. The van der Waals surface area contributed by atoms with Crippen molar-refractivity contribution in [2.75, 3.05) is 4.90 Å². The zero-order chi connectivity index (χ0) is 91.0. The fraction of sp³-hybridized carbons (Fsp3) is 0.0278. The molecular formula is C72H49N. The molecule has 0 atom stereocenters. The van der Waals surface area contributed by atoms with Gasteiger partial charge in [-0.05, 0) is 136 Å². The Morgan fingerprint density at radius 1 is 0.260 bits per heavy atom. The van der Waals surface area contributed by atoms with Gasteiger partial charge in [-0.15, -0.1) is 0 Å². The van der Waals surface area contributed by atoms with Gasteiger partial charge in [0.25, 0.3) is 0 Å². The summed E-state index contributed by atoms with van der Waals surface area (Å²) in [6.07, 6.45) is 0. The standard InChI is InChI=1S/C72H49N/c1-6-24-52(25-7-1)71(53-26-8-2-9-27-53)66-39-21-19-36-63(66)70-64(37-22-40-67(70)71)69-59-34-17-16-23-50(59)43-47-60(69)51-41-44-57(45-42-51)73(56-32-14-5-15-33-56)58-46-48-62-61-35-18-20-38-65(61)72(68(62)49-58,54-28-10-3-11-29-54)55-30-12-4-13-31-55/h1-49H/i1D,2D,3D,4D,5D,6D,7D,8D,9D,10D,11D,12D,13D,14D,15D,16D,17D,18D,19D,20D,21D,22D,23D,24D,25D,26D,27D,28D,29D,30D,31D,32D,33D,34D,35D,36D,37D,38D,39D,40D,41D,42D,43D,44D,45D,46D,47D,48D,49D. The molecule has 0 radical (unpaired) electrons. The van der Waals surface area contributed by atoms with Crippen molar-refractivity contribution in [2.45, 2.75) is 10.8 Å². The number of nitrogens with zero attached hydrogens (tertiary/aromatic N) is 1. The number of rotatable bonds is 9. The van der Waals surface area contributed by atoms with E-state index < -0.39 is 424 Å². The van der Waals surface area contributed by atoms with Gasteiger partial charge in [0.1, 0.15) is 0 Å². The van der Waals surface area contributed by atoms with Crippen LogP contribution in [-0.2, 0) is 10.8 Å². The minimum atomic E-state index is -3.66. The predicted molar refractivity (Wildman–Crippen MR) is 304 cm³/mol. The number of hydrogen-bond donors (Lipinski definition) is 0. The van der Waals surface area contributed by atoms with Crippen LogP contribution in [0.25, 0.3) is 55.3 Å². The summed E-state index contributed by atoms with van der Waals surface area (Å²) in [4.78, 5) is 0.0609. The Labute approximate surface area is 496 Å². The first kappa shape index (κ1) is 15.8. The fourth-order valence-electron chi connectivity index (χ4n) is 9.49. The molecule has 0 aliphatic heterocycles. The van der Waals surface area contributed by atoms with E-state index in [0.29, 0.717) is 0 Å². The summed E-state index contributed by atoms with van der Waals surface area (Å²) in [5.41, 5.74) is -31.7. The van der Waals surface area contributed by atoms with Crippen LogP contribution in [0.4, 0.5) is 17.1 Å². The molecule has 0 heterocycles. The van der Waals surface area contributed by atoms with Gasteiger partial charge in [0, 0.05) is 17.1 Å². The zero-order valence-electron chi connectivity index (χ0n) is 85.4. The molecule has 1 nitrogen and oxygen atoms in total. The van der Waals surface area contributed by atoms with E-state index in [-0.39, 0.29) is 4.90 Å². The van der Waals surface area contributed by atoms with Gasteiger partial charge in [-0.3, -0.25) is 0 Å². The van der Waals surface area contributed by atoms with Crippen LogP contribution >= 0.6 is 0 Å². The molecule has 12 aromatic carbocycles. The molecule has 14 rings (SSSR count). The van der Waals surface area contributed by atoms with Crippen molar-refractivity contribution in [1.82, 2.24) is 0 Å². The van der Waals surface area contributed by atoms with E-state index in [2.05, 4.69) is 0 Å². The lowest BCUT2D eigenvalue weighted by atomic mass is 9.67. The number of benzene rings is 12. The van der Waals surface area contributed by atoms with Gasteiger partial charge in [0.2, 0.25) is 0 Å². The number of hydrogen-bond acceptors (Lipinski definition) is 1. The van der Waals surface area contributed by atoms with E-state index in [1.165, 1.54) is 0 Å². The van der Waals surface area contributed by atoms with E-state index in [0.717, 1.165) is 0 Å². The van der Waals surface area contributed by atoms with Crippen LogP contribution in [0.15, 0.2) is 296 Å². The maximum Gasteiger partial charge on any atom is 0.0714 e. The topological polar surface area (TPSA) is 3.24 Å². The lowest BCUT2D eigenvalue weighted by Crippen LogP contribution is -2.28. The van der Waals surface area contributed by atoms with Crippen LogP contribution < -0.4 is 4.90 Å². The average Bonchev–Trinajstić information content (AvgIpc) is 1.49. The zero-order valence-corrected chi connectivity index (χ0v) is 36.4. The maximum absolute atomic E-state index is 10.8. The van der Waals surface area contributed by atoms with Crippen molar-refractivity contribution >= 4 is 27.8 Å². The van der Waals surface area contributed by atoms with Crippen LogP contribution in [-0.4, -0.2) is 0 Å². The van der Waals surface area contributed by atoms with E-state index >= 15 is 0 Å². The van der Waals surface area contributed by atoms with Gasteiger partial charge in [-0.25, -0.2) is 0 Å². The second-order valence-electron chi connectivity index (χ2n) is 15.8. The number of fused-ring (bicyclic) bond motifs is 7. The van der Waals surface area contributed by atoms with Crippen molar-refractivity contribution in [3.8, 4) is 44.5 Å². The summed E-state index contributed by atoms with van der Waals surface area (Å²) in [6, 6.07) is -67.4. The predicted octanol–water partition coefficient (Wildman–Crippen LogP) is 18.4. The number of para-hydroxylation sites is 1. The van der Waals surface area contributed by atoms with Crippen molar-refractivity contribution in [3.63, 3.8) is 0 Å². The summed E-state index contributed by atoms with van der Waals surface area (Å²) < 4.78 is 467. The number of anilines is 3. The molecule has 0 spiro atoms.